The minimum atomic E-state index is 0.207. The van der Waals surface area contributed by atoms with Crippen molar-refractivity contribution in [2.75, 3.05) is 5.73 Å². The van der Waals surface area contributed by atoms with E-state index in [2.05, 4.69) is 0 Å². The zero-order valence-corrected chi connectivity index (χ0v) is 9.82. The van der Waals surface area contributed by atoms with Crippen molar-refractivity contribution in [2.45, 2.75) is 6.61 Å². The Morgan fingerprint density at radius 3 is 2.65 bits per heavy atom. The average molecular weight is 250 g/mol. The summed E-state index contributed by atoms with van der Waals surface area (Å²) in [5.74, 6) is 0.677. The molecule has 0 aliphatic rings. The number of anilines is 1. The second kappa shape index (κ2) is 4.97. The van der Waals surface area contributed by atoms with Crippen molar-refractivity contribution >= 4 is 17.3 Å². The number of ether oxygens (including phenoxy) is 1. The molecule has 3 N–H and O–H groups in total. The van der Waals surface area contributed by atoms with Gasteiger partial charge in [-0.1, -0.05) is 29.8 Å². The van der Waals surface area contributed by atoms with Gasteiger partial charge in [-0.25, -0.2) is 0 Å². The molecule has 0 atom stereocenters. The summed E-state index contributed by atoms with van der Waals surface area (Å²) >= 11 is 5.97. The van der Waals surface area contributed by atoms with E-state index in [1.807, 2.05) is 6.07 Å². The van der Waals surface area contributed by atoms with Gasteiger partial charge in [0.05, 0.1) is 10.7 Å². The van der Waals surface area contributed by atoms with E-state index >= 15 is 0 Å². The van der Waals surface area contributed by atoms with Gasteiger partial charge in [-0.05, 0) is 29.8 Å². The maximum absolute atomic E-state index is 9.31. The van der Waals surface area contributed by atoms with E-state index < -0.39 is 0 Å². The van der Waals surface area contributed by atoms with Gasteiger partial charge in [0.15, 0.2) is 5.75 Å². The summed E-state index contributed by atoms with van der Waals surface area (Å²) in [5, 5.41) is 9.79. The maximum atomic E-state index is 9.31. The number of aromatic hydroxyl groups is 1. The number of halogens is 1. The SMILES string of the molecule is Nc1cccc(Cl)c1OCc1cccc(O)c1. The Morgan fingerprint density at radius 1 is 1.18 bits per heavy atom. The van der Waals surface area contributed by atoms with Gasteiger partial charge in [0, 0.05) is 0 Å². The first-order chi connectivity index (χ1) is 8.16. The summed E-state index contributed by atoms with van der Waals surface area (Å²) in [6.07, 6.45) is 0. The predicted molar refractivity (Wildman–Crippen MR) is 68.3 cm³/mol. The van der Waals surface area contributed by atoms with Crippen LogP contribution in [0.25, 0.3) is 0 Å². The number of phenols is 1. The number of nitrogens with two attached hydrogens (primary N) is 1. The van der Waals surface area contributed by atoms with Gasteiger partial charge in [0.2, 0.25) is 0 Å². The second-order valence-corrected chi connectivity index (χ2v) is 4.02. The monoisotopic (exact) mass is 249 g/mol. The topological polar surface area (TPSA) is 55.5 Å². The van der Waals surface area contributed by atoms with Crippen molar-refractivity contribution in [1.82, 2.24) is 0 Å². The first kappa shape index (κ1) is 11.6. The minimum Gasteiger partial charge on any atom is -0.508 e. The van der Waals surface area contributed by atoms with Crippen LogP contribution in [0.5, 0.6) is 11.5 Å². The molecule has 0 radical (unpaired) electrons. The summed E-state index contributed by atoms with van der Waals surface area (Å²) in [6.45, 7) is 0.308. The van der Waals surface area contributed by atoms with Gasteiger partial charge in [-0.2, -0.15) is 0 Å². The molecule has 0 bridgehead atoms. The highest BCUT2D eigenvalue weighted by atomic mass is 35.5. The number of rotatable bonds is 3. The molecule has 2 rings (SSSR count). The molecule has 0 saturated carbocycles. The summed E-state index contributed by atoms with van der Waals surface area (Å²) in [6, 6.07) is 12.1. The van der Waals surface area contributed by atoms with Crippen molar-refractivity contribution in [3.05, 3.63) is 53.1 Å². The molecule has 88 valence electrons. The van der Waals surface area contributed by atoms with Gasteiger partial charge in [0.25, 0.3) is 0 Å². The Labute approximate surface area is 104 Å². The van der Waals surface area contributed by atoms with Gasteiger partial charge < -0.3 is 15.6 Å². The molecule has 0 fully saturated rings. The van der Waals surface area contributed by atoms with Gasteiger partial charge in [-0.15, -0.1) is 0 Å². The Hall–Kier alpha value is -1.87. The quantitative estimate of drug-likeness (QED) is 0.822. The highest BCUT2D eigenvalue weighted by molar-refractivity contribution is 6.32. The molecule has 2 aromatic carbocycles. The standard InChI is InChI=1S/C13H12ClNO2/c14-11-5-2-6-12(15)13(11)17-8-9-3-1-4-10(16)7-9/h1-7,16H,8,15H2. The third-order valence-electron chi connectivity index (χ3n) is 2.29. The first-order valence-electron chi connectivity index (χ1n) is 5.11. The summed E-state index contributed by atoms with van der Waals surface area (Å²) in [5.41, 5.74) is 7.11. The fourth-order valence-corrected chi connectivity index (χ4v) is 1.72. The smallest absolute Gasteiger partial charge is 0.161 e. The van der Waals surface area contributed by atoms with Crippen LogP contribution < -0.4 is 10.5 Å². The first-order valence-corrected chi connectivity index (χ1v) is 5.49. The van der Waals surface area contributed by atoms with Crippen LogP contribution in [0.4, 0.5) is 5.69 Å². The lowest BCUT2D eigenvalue weighted by atomic mass is 10.2. The predicted octanol–water partition coefficient (Wildman–Crippen LogP) is 3.21. The zero-order chi connectivity index (χ0) is 12.3. The number of hydrogen-bond acceptors (Lipinski definition) is 3. The molecular weight excluding hydrogens is 238 g/mol. The molecule has 17 heavy (non-hydrogen) atoms. The van der Waals surface area contributed by atoms with E-state index in [9.17, 15) is 5.11 Å². The van der Waals surface area contributed by atoms with Crippen LogP contribution >= 0.6 is 11.6 Å². The lowest BCUT2D eigenvalue weighted by molar-refractivity contribution is 0.307. The fraction of sp³-hybridized carbons (Fsp3) is 0.0769. The largest absolute Gasteiger partial charge is 0.508 e. The maximum Gasteiger partial charge on any atom is 0.161 e. The van der Waals surface area contributed by atoms with E-state index in [-0.39, 0.29) is 5.75 Å². The minimum absolute atomic E-state index is 0.207. The van der Waals surface area contributed by atoms with E-state index in [0.717, 1.165) is 5.56 Å². The molecule has 0 heterocycles. The van der Waals surface area contributed by atoms with Crippen LogP contribution in [0.15, 0.2) is 42.5 Å². The van der Waals surface area contributed by atoms with Crippen molar-refractivity contribution in [2.24, 2.45) is 0 Å². The van der Waals surface area contributed by atoms with Crippen molar-refractivity contribution in [3.8, 4) is 11.5 Å². The summed E-state index contributed by atoms with van der Waals surface area (Å²) in [7, 11) is 0. The second-order valence-electron chi connectivity index (χ2n) is 3.62. The van der Waals surface area contributed by atoms with Crippen LogP contribution in [0.1, 0.15) is 5.56 Å². The molecule has 0 aliphatic carbocycles. The van der Waals surface area contributed by atoms with Crippen molar-refractivity contribution < 1.29 is 9.84 Å². The molecule has 0 aromatic heterocycles. The molecule has 0 aliphatic heterocycles. The Kier molecular flexibility index (Phi) is 3.40. The van der Waals surface area contributed by atoms with Gasteiger partial charge in [0.1, 0.15) is 12.4 Å². The average Bonchev–Trinajstić information content (AvgIpc) is 2.28. The summed E-state index contributed by atoms with van der Waals surface area (Å²) in [4.78, 5) is 0. The molecular formula is C13H12ClNO2. The molecule has 4 heteroatoms. The highest BCUT2D eigenvalue weighted by Gasteiger charge is 2.05. The molecule has 3 nitrogen and oxygen atoms in total. The number of phenolic OH excluding ortho intramolecular Hbond substituents is 1. The van der Waals surface area contributed by atoms with E-state index in [1.54, 1.807) is 36.4 Å². The molecule has 0 saturated heterocycles. The van der Waals surface area contributed by atoms with Crippen LogP contribution in [0, 0.1) is 0 Å². The van der Waals surface area contributed by atoms with E-state index in [1.165, 1.54) is 0 Å². The van der Waals surface area contributed by atoms with Gasteiger partial charge in [-0.3, -0.25) is 0 Å². The normalized spacial score (nSPS) is 10.2. The fourth-order valence-electron chi connectivity index (χ4n) is 1.48. The number of benzene rings is 2. The Balaban J connectivity index is 2.13. The zero-order valence-electron chi connectivity index (χ0n) is 9.06. The molecule has 2 aromatic rings. The number of para-hydroxylation sites is 1. The van der Waals surface area contributed by atoms with Crippen LogP contribution in [0.3, 0.4) is 0 Å². The van der Waals surface area contributed by atoms with Crippen molar-refractivity contribution in [1.29, 1.82) is 0 Å². The van der Waals surface area contributed by atoms with Crippen LogP contribution in [0.2, 0.25) is 5.02 Å². The highest BCUT2D eigenvalue weighted by Crippen LogP contribution is 2.31. The van der Waals surface area contributed by atoms with Crippen LogP contribution in [-0.4, -0.2) is 5.11 Å². The van der Waals surface area contributed by atoms with E-state index in [0.29, 0.717) is 23.1 Å². The third-order valence-corrected chi connectivity index (χ3v) is 2.59. The van der Waals surface area contributed by atoms with Gasteiger partial charge >= 0.3 is 0 Å². The lowest BCUT2D eigenvalue weighted by Gasteiger charge is -2.10. The Bertz CT molecular complexity index is 508. The number of nitrogen functional groups attached to an aromatic ring is 1. The number of hydrogen-bond donors (Lipinski definition) is 2. The Morgan fingerprint density at radius 2 is 1.94 bits per heavy atom. The molecule has 0 unspecified atom stereocenters. The van der Waals surface area contributed by atoms with E-state index in [4.69, 9.17) is 22.1 Å². The lowest BCUT2D eigenvalue weighted by Crippen LogP contribution is -1.99. The molecule has 0 spiro atoms. The molecule has 0 amide bonds. The summed E-state index contributed by atoms with van der Waals surface area (Å²) < 4.78 is 5.54. The van der Waals surface area contributed by atoms with Crippen LogP contribution in [-0.2, 0) is 6.61 Å². The third kappa shape index (κ3) is 2.82. The van der Waals surface area contributed by atoms with Crippen molar-refractivity contribution in [3.63, 3.8) is 0 Å².